The van der Waals surface area contributed by atoms with Gasteiger partial charge in [0.15, 0.2) is 0 Å². The number of hydrogen-bond acceptors (Lipinski definition) is 4. The van der Waals surface area contributed by atoms with Gasteiger partial charge in [-0.1, -0.05) is 73.4 Å². The molecule has 4 rings (SSSR count). The van der Waals surface area contributed by atoms with Gasteiger partial charge in [0.1, 0.15) is 12.6 Å². The Balaban J connectivity index is 1.73. The van der Waals surface area contributed by atoms with E-state index < -0.39 is 28.5 Å². The summed E-state index contributed by atoms with van der Waals surface area (Å²) in [5.41, 5.74) is 5.21. The van der Waals surface area contributed by atoms with Crippen molar-refractivity contribution < 1.29 is 18.0 Å². The van der Waals surface area contributed by atoms with Crippen LogP contribution in [0.1, 0.15) is 66.8 Å². The molecule has 0 aromatic heterocycles. The number of hydrogen-bond donors (Lipinski definition) is 1. The number of carbonyl (C=O) groups is 2. The van der Waals surface area contributed by atoms with E-state index in [2.05, 4.69) is 5.32 Å². The van der Waals surface area contributed by atoms with Crippen LogP contribution < -0.4 is 9.62 Å². The number of rotatable bonds is 11. The van der Waals surface area contributed by atoms with Gasteiger partial charge in [0.2, 0.25) is 11.8 Å². The van der Waals surface area contributed by atoms with Crippen LogP contribution >= 0.6 is 0 Å². The second-order valence-electron chi connectivity index (χ2n) is 11.5. The Morgan fingerprint density at radius 3 is 2.19 bits per heavy atom. The number of amides is 2. The first-order chi connectivity index (χ1) is 20.0. The predicted octanol–water partition coefficient (Wildman–Crippen LogP) is 5.98. The second-order valence-corrected chi connectivity index (χ2v) is 13.4. The lowest BCUT2D eigenvalue weighted by Crippen LogP contribution is -2.53. The molecule has 7 nitrogen and oxygen atoms in total. The van der Waals surface area contributed by atoms with Gasteiger partial charge in [0.25, 0.3) is 10.0 Å². The number of anilines is 1. The van der Waals surface area contributed by atoms with Gasteiger partial charge in [0, 0.05) is 12.6 Å². The van der Waals surface area contributed by atoms with E-state index in [-0.39, 0.29) is 23.4 Å². The third-order valence-electron chi connectivity index (χ3n) is 8.19. The van der Waals surface area contributed by atoms with Crippen molar-refractivity contribution in [3.63, 3.8) is 0 Å². The summed E-state index contributed by atoms with van der Waals surface area (Å²) in [7, 11) is -4.09. The molecule has 8 heteroatoms. The van der Waals surface area contributed by atoms with Crippen molar-refractivity contribution in [3.05, 3.63) is 94.5 Å². The normalized spacial score (nSPS) is 14.4. The highest BCUT2D eigenvalue weighted by atomic mass is 32.2. The van der Waals surface area contributed by atoms with Gasteiger partial charge in [-0.2, -0.15) is 0 Å². The maximum absolute atomic E-state index is 14.3. The molecular formula is C34H43N3O4S. The highest BCUT2D eigenvalue weighted by Crippen LogP contribution is 2.27. The monoisotopic (exact) mass is 589 g/mol. The Bertz CT molecular complexity index is 1510. The first-order valence-corrected chi connectivity index (χ1v) is 16.3. The highest BCUT2D eigenvalue weighted by molar-refractivity contribution is 7.92. The fourth-order valence-corrected chi connectivity index (χ4v) is 6.95. The number of sulfonamides is 1. The smallest absolute Gasteiger partial charge is 0.264 e. The number of benzene rings is 3. The molecule has 1 saturated carbocycles. The predicted molar refractivity (Wildman–Crippen MR) is 168 cm³/mol. The molecule has 0 bridgehead atoms. The molecule has 0 heterocycles. The van der Waals surface area contributed by atoms with Crippen LogP contribution in [0.3, 0.4) is 0 Å². The quantitative estimate of drug-likeness (QED) is 0.298. The molecule has 1 fully saturated rings. The van der Waals surface area contributed by atoms with Crippen molar-refractivity contribution in [2.75, 3.05) is 10.8 Å². The Morgan fingerprint density at radius 1 is 0.881 bits per heavy atom. The average molecular weight is 590 g/mol. The van der Waals surface area contributed by atoms with Gasteiger partial charge in [-0.15, -0.1) is 0 Å². The van der Waals surface area contributed by atoms with E-state index in [1.165, 1.54) is 4.31 Å². The van der Waals surface area contributed by atoms with E-state index in [0.717, 1.165) is 53.5 Å². The highest BCUT2D eigenvalue weighted by Gasteiger charge is 2.34. The zero-order valence-electron chi connectivity index (χ0n) is 25.4. The Labute approximate surface area is 251 Å². The molecule has 224 valence electrons. The molecule has 1 atom stereocenters. The van der Waals surface area contributed by atoms with Crippen molar-refractivity contribution in [1.82, 2.24) is 10.2 Å². The zero-order valence-corrected chi connectivity index (χ0v) is 26.2. The van der Waals surface area contributed by atoms with Gasteiger partial charge in [0.05, 0.1) is 10.6 Å². The molecular weight excluding hydrogens is 546 g/mol. The van der Waals surface area contributed by atoms with E-state index in [1.807, 2.05) is 65.0 Å². The van der Waals surface area contributed by atoms with Crippen LogP contribution in [-0.2, 0) is 26.2 Å². The summed E-state index contributed by atoms with van der Waals surface area (Å²) in [6.45, 7) is 9.41. The average Bonchev–Trinajstić information content (AvgIpc) is 3.46. The molecule has 0 aliphatic heterocycles. The number of carbonyl (C=O) groups excluding carboxylic acids is 2. The summed E-state index contributed by atoms with van der Waals surface area (Å²) >= 11 is 0. The van der Waals surface area contributed by atoms with Crippen LogP contribution in [0, 0.1) is 27.7 Å². The molecule has 1 N–H and O–H groups in total. The number of nitrogens with one attached hydrogen (secondary N) is 1. The number of aryl methyl sites for hydroxylation is 4. The van der Waals surface area contributed by atoms with Crippen molar-refractivity contribution in [3.8, 4) is 0 Å². The summed E-state index contributed by atoms with van der Waals surface area (Å²) in [6.07, 6.45) is 4.43. The molecule has 3 aromatic rings. The summed E-state index contributed by atoms with van der Waals surface area (Å²) in [5, 5.41) is 3.16. The van der Waals surface area contributed by atoms with E-state index in [9.17, 15) is 18.0 Å². The Hall–Kier alpha value is -3.65. The first-order valence-electron chi connectivity index (χ1n) is 14.8. The van der Waals surface area contributed by atoms with Gasteiger partial charge in [-0.25, -0.2) is 8.42 Å². The van der Waals surface area contributed by atoms with E-state index in [1.54, 1.807) is 41.3 Å². The van der Waals surface area contributed by atoms with Crippen LogP contribution in [-0.4, -0.2) is 43.8 Å². The van der Waals surface area contributed by atoms with Crippen LogP contribution in [0.5, 0.6) is 0 Å². The van der Waals surface area contributed by atoms with Crippen LogP contribution in [0.2, 0.25) is 0 Å². The topological polar surface area (TPSA) is 86.8 Å². The van der Waals surface area contributed by atoms with Crippen LogP contribution in [0.25, 0.3) is 0 Å². The van der Waals surface area contributed by atoms with Gasteiger partial charge < -0.3 is 10.2 Å². The fraction of sp³-hybridized carbons (Fsp3) is 0.412. The molecule has 0 radical (unpaired) electrons. The van der Waals surface area contributed by atoms with E-state index in [4.69, 9.17) is 0 Å². The Morgan fingerprint density at radius 2 is 1.57 bits per heavy atom. The molecule has 2 amide bonds. The summed E-state index contributed by atoms with van der Waals surface area (Å²) in [6, 6.07) is 19.2. The molecule has 3 aromatic carbocycles. The van der Waals surface area contributed by atoms with Gasteiger partial charge in [-0.3, -0.25) is 13.9 Å². The Kier molecular flexibility index (Phi) is 10.1. The summed E-state index contributed by atoms with van der Waals surface area (Å²) in [4.78, 5) is 29.5. The van der Waals surface area contributed by atoms with E-state index in [0.29, 0.717) is 12.1 Å². The molecule has 1 aliphatic rings. The minimum Gasteiger partial charge on any atom is -0.352 e. The largest absolute Gasteiger partial charge is 0.352 e. The number of nitrogens with zero attached hydrogens (tertiary/aromatic N) is 2. The summed E-state index contributed by atoms with van der Waals surface area (Å²) < 4.78 is 29.3. The third-order valence-corrected chi connectivity index (χ3v) is 9.98. The van der Waals surface area contributed by atoms with E-state index >= 15 is 0 Å². The lowest BCUT2D eigenvalue weighted by atomic mass is 10.1. The van der Waals surface area contributed by atoms with Crippen molar-refractivity contribution >= 4 is 27.5 Å². The second kappa shape index (κ2) is 13.6. The minimum atomic E-state index is -4.09. The maximum atomic E-state index is 14.3. The molecule has 1 unspecified atom stereocenters. The van der Waals surface area contributed by atoms with Crippen molar-refractivity contribution in [2.45, 2.75) is 90.2 Å². The lowest BCUT2D eigenvalue weighted by Gasteiger charge is -2.34. The molecule has 1 aliphatic carbocycles. The molecule has 42 heavy (non-hydrogen) atoms. The van der Waals surface area contributed by atoms with Crippen molar-refractivity contribution in [2.24, 2.45) is 0 Å². The maximum Gasteiger partial charge on any atom is 0.264 e. The molecule has 0 saturated heterocycles. The standard InChI is InChI=1S/C34H43N3O4S/c1-6-32(34(39)35-29-12-7-8-13-29)36(22-28-11-9-10-25(3)20-28)33(38)23-37(30-17-16-26(4)27(5)21-30)42(40,41)31-18-14-24(2)15-19-31/h9-11,14-21,29,32H,6-8,12-13,22-23H2,1-5H3,(H,35,39). The SMILES string of the molecule is CCC(C(=O)NC1CCCC1)N(Cc1cccc(C)c1)C(=O)CN(c1ccc(C)c(C)c1)S(=O)(=O)c1ccc(C)cc1. The zero-order chi connectivity index (χ0) is 30.4. The minimum absolute atomic E-state index is 0.107. The van der Waals surface area contributed by atoms with Crippen molar-refractivity contribution in [1.29, 1.82) is 0 Å². The van der Waals surface area contributed by atoms with Gasteiger partial charge >= 0.3 is 0 Å². The van der Waals surface area contributed by atoms with Gasteiger partial charge in [-0.05, 0) is 87.9 Å². The first kappa shape index (κ1) is 31.3. The van der Waals surface area contributed by atoms with Crippen LogP contribution in [0.4, 0.5) is 5.69 Å². The lowest BCUT2D eigenvalue weighted by molar-refractivity contribution is -0.140. The fourth-order valence-electron chi connectivity index (χ4n) is 5.54. The molecule has 0 spiro atoms. The third kappa shape index (κ3) is 7.40. The summed E-state index contributed by atoms with van der Waals surface area (Å²) in [5.74, 6) is -0.622. The van der Waals surface area contributed by atoms with Crippen LogP contribution in [0.15, 0.2) is 71.6 Å².